The molecule has 0 saturated heterocycles. The molecule has 1 heterocycles. The van der Waals surface area contributed by atoms with Gasteiger partial charge in [0.1, 0.15) is 5.01 Å². The Kier molecular flexibility index (Phi) is 4.71. The highest BCUT2D eigenvalue weighted by molar-refractivity contribution is 8.02. The summed E-state index contributed by atoms with van der Waals surface area (Å²) in [4.78, 5) is 12.0. The molecular weight excluding hydrogens is 292 g/mol. The van der Waals surface area contributed by atoms with Gasteiger partial charge in [-0.15, -0.1) is 10.2 Å². The molecule has 1 aromatic carbocycles. The number of thioether (sulfide) groups is 1. The number of hydrogen-bond acceptors (Lipinski definition) is 6. The van der Waals surface area contributed by atoms with Gasteiger partial charge in [0.2, 0.25) is 5.91 Å². The summed E-state index contributed by atoms with van der Waals surface area (Å²) in [6.07, 6.45) is 0. The van der Waals surface area contributed by atoms with Gasteiger partial charge < -0.3 is 5.32 Å². The first-order valence-corrected chi connectivity index (χ1v) is 7.56. The Hall–Kier alpha value is -1.91. The molecule has 0 saturated carbocycles. The van der Waals surface area contributed by atoms with Crippen molar-refractivity contribution in [2.24, 2.45) is 0 Å². The van der Waals surface area contributed by atoms with Crippen LogP contribution in [0.1, 0.15) is 17.5 Å². The van der Waals surface area contributed by atoms with Crippen LogP contribution in [0.25, 0.3) is 0 Å². The van der Waals surface area contributed by atoms with Crippen LogP contribution in [0.2, 0.25) is 0 Å². The summed E-state index contributed by atoms with van der Waals surface area (Å²) in [5.41, 5.74) is 1.24. The fraction of sp³-hybridized carbons (Fsp3) is 0.231. The van der Waals surface area contributed by atoms with E-state index < -0.39 is 0 Å². The van der Waals surface area contributed by atoms with Crippen LogP contribution in [0.15, 0.2) is 28.6 Å². The quantitative estimate of drug-likeness (QED) is 0.879. The van der Waals surface area contributed by atoms with Crippen LogP contribution >= 0.6 is 23.1 Å². The molecule has 0 spiro atoms. The monoisotopic (exact) mass is 304 g/mol. The van der Waals surface area contributed by atoms with E-state index in [0.717, 1.165) is 9.35 Å². The maximum Gasteiger partial charge on any atom is 0.237 e. The number of nitrogens with one attached hydrogen (secondary N) is 1. The molecule has 0 bridgehead atoms. The average Bonchev–Trinajstić information content (AvgIpc) is 2.85. The van der Waals surface area contributed by atoms with Gasteiger partial charge in [-0.1, -0.05) is 23.1 Å². The molecule has 0 fully saturated rings. The molecule has 0 radical (unpaired) electrons. The van der Waals surface area contributed by atoms with Gasteiger partial charge in [-0.25, -0.2) is 0 Å². The molecule has 1 atom stereocenters. The van der Waals surface area contributed by atoms with Crippen molar-refractivity contribution in [1.29, 1.82) is 5.26 Å². The van der Waals surface area contributed by atoms with E-state index in [1.54, 1.807) is 24.3 Å². The lowest BCUT2D eigenvalue weighted by molar-refractivity contribution is -0.115. The molecule has 2 aromatic rings. The Morgan fingerprint density at radius 2 is 2.10 bits per heavy atom. The first-order chi connectivity index (χ1) is 9.58. The van der Waals surface area contributed by atoms with Crippen LogP contribution in [0.3, 0.4) is 0 Å². The molecule has 1 N–H and O–H groups in total. The van der Waals surface area contributed by atoms with Crippen LogP contribution in [0.5, 0.6) is 0 Å². The summed E-state index contributed by atoms with van der Waals surface area (Å²) in [5.74, 6) is -0.104. The Labute approximate surface area is 125 Å². The van der Waals surface area contributed by atoms with Gasteiger partial charge in [0.05, 0.1) is 16.9 Å². The summed E-state index contributed by atoms with van der Waals surface area (Å²) < 4.78 is 0.782. The fourth-order valence-corrected chi connectivity index (χ4v) is 3.36. The minimum Gasteiger partial charge on any atom is -0.325 e. The Morgan fingerprint density at radius 3 is 2.65 bits per heavy atom. The average molecular weight is 304 g/mol. The van der Waals surface area contributed by atoms with Crippen LogP contribution in [-0.2, 0) is 4.79 Å². The minimum absolute atomic E-state index is 0.104. The van der Waals surface area contributed by atoms with Crippen molar-refractivity contribution >= 4 is 34.7 Å². The number of benzene rings is 1. The van der Waals surface area contributed by atoms with E-state index in [1.807, 2.05) is 19.9 Å². The molecule has 1 aromatic heterocycles. The van der Waals surface area contributed by atoms with Crippen molar-refractivity contribution in [3.05, 3.63) is 34.8 Å². The van der Waals surface area contributed by atoms with Gasteiger partial charge in [-0.2, -0.15) is 5.26 Å². The largest absolute Gasteiger partial charge is 0.325 e. The molecule has 5 nitrogen and oxygen atoms in total. The predicted octanol–water partition coefficient (Wildman–Crippen LogP) is 2.84. The number of carbonyl (C=O) groups is 1. The summed E-state index contributed by atoms with van der Waals surface area (Å²) >= 11 is 2.85. The van der Waals surface area contributed by atoms with Crippen molar-refractivity contribution in [2.75, 3.05) is 5.32 Å². The van der Waals surface area contributed by atoms with E-state index in [9.17, 15) is 4.79 Å². The maximum absolute atomic E-state index is 12.0. The summed E-state index contributed by atoms with van der Waals surface area (Å²) in [6.45, 7) is 3.70. The maximum atomic E-state index is 12.0. The molecule has 0 aliphatic heterocycles. The van der Waals surface area contributed by atoms with Crippen molar-refractivity contribution in [2.45, 2.75) is 23.4 Å². The molecule has 0 unspecified atom stereocenters. The third-order valence-corrected chi connectivity index (χ3v) is 4.46. The second-order valence-electron chi connectivity index (χ2n) is 4.03. The van der Waals surface area contributed by atoms with E-state index in [1.165, 1.54) is 23.1 Å². The van der Waals surface area contributed by atoms with Crippen molar-refractivity contribution < 1.29 is 4.79 Å². The number of nitriles is 1. The van der Waals surface area contributed by atoms with Crippen LogP contribution < -0.4 is 5.32 Å². The van der Waals surface area contributed by atoms with Crippen LogP contribution in [-0.4, -0.2) is 21.4 Å². The number of hydrogen-bond donors (Lipinski definition) is 1. The van der Waals surface area contributed by atoms with Gasteiger partial charge >= 0.3 is 0 Å². The van der Waals surface area contributed by atoms with Crippen molar-refractivity contribution in [1.82, 2.24) is 10.2 Å². The standard InChI is InChI=1S/C13H12N4OS2/c1-8(19-13-17-16-9(2)20-13)12(18)15-11-5-3-10(7-14)4-6-11/h3-6,8H,1-2H3,(H,15,18)/t8-/m1/s1. The number of carbonyl (C=O) groups excluding carboxylic acids is 1. The number of nitrogens with zero attached hydrogens (tertiary/aromatic N) is 3. The zero-order valence-electron chi connectivity index (χ0n) is 11.0. The summed E-state index contributed by atoms with van der Waals surface area (Å²) in [5, 5.41) is 20.0. The first-order valence-electron chi connectivity index (χ1n) is 5.86. The minimum atomic E-state index is -0.266. The topological polar surface area (TPSA) is 78.7 Å². The summed E-state index contributed by atoms with van der Waals surface area (Å²) in [6, 6.07) is 8.79. The number of rotatable bonds is 4. The van der Waals surface area contributed by atoms with E-state index in [-0.39, 0.29) is 11.2 Å². The Bertz CT molecular complexity index is 645. The van der Waals surface area contributed by atoms with Crippen molar-refractivity contribution in [3.63, 3.8) is 0 Å². The highest BCUT2D eigenvalue weighted by Crippen LogP contribution is 2.26. The third-order valence-electron chi connectivity index (χ3n) is 2.44. The Morgan fingerprint density at radius 1 is 1.40 bits per heavy atom. The molecule has 102 valence electrons. The molecule has 0 aliphatic carbocycles. The van der Waals surface area contributed by atoms with E-state index in [2.05, 4.69) is 15.5 Å². The highest BCUT2D eigenvalue weighted by Gasteiger charge is 2.16. The van der Waals surface area contributed by atoms with Gasteiger partial charge in [-0.05, 0) is 38.1 Å². The van der Waals surface area contributed by atoms with Crippen LogP contribution in [0.4, 0.5) is 5.69 Å². The smallest absolute Gasteiger partial charge is 0.237 e. The molecular formula is C13H12N4OS2. The summed E-state index contributed by atoms with van der Waals surface area (Å²) in [7, 11) is 0. The molecule has 7 heteroatoms. The van der Waals surface area contributed by atoms with Gasteiger partial charge in [0, 0.05) is 5.69 Å². The number of aromatic nitrogens is 2. The second-order valence-corrected chi connectivity index (χ2v) is 6.80. The highest BCUT2D eigenvalue weighted by atomic mass is 32.2. The molecule has 1 amide bonds. The normalized spacial score (nSPS) is 11.7. The van der Waals surface area contributed by atoms with Crippen LogP contribution in [0, 0.1) is 18.3 Å². The lowest BCUT2D eigenvalue weighted by atomic mass is 10.2. The number of anilines is 1. The van der Waals surface area contributed by atoms with E-state index in [0.29, 0.717) is 11.3 Å². The molecule has 2 rings (SSSR count). The zero-order valence-corrected chi connectivity index (χ0v) is 12.6. The molecule has 20 heavy (non-hydrogen) atoms. The van der Waals surface area contributed by atoms with E-state index >= 15 is 0 Å². The lowest BCUT2D eigenvalue weighted by Crippen LogP contribution is -2.22. The Balaban J connectivity index is 1.95. The van der Waals surface area contributed by atoms with Gasteiger partial charge in [0.25, 0.3) is 0 Å². The lowest BCUT2D eigenvalue weighted by Gasteiger charge is -2.10. The second kappa shape index (κ2) is 6.50. The van der Waals surface area contributed by atoms with Crippen molar-refractivity contribution in [3.8, 4) is 6.07 Å². The first kappa shape index (κ1) is 14.5. The number of amides is 1. The predicted molar refractivity (Wildman–Crippen MR) is 79.8 cm³/mol. The zero-order chi connectivity index (χ0) is 14.5. The van der Waals surface area contributed by atoms with Gasteiger partial charge in [-0.3, -0.25) is 4.79 Å². The van der Waals surface area contributed by atoms with E-state index in [4.69, 9.17) is 5.26 Å². The third kappa shape index (κ3) is 3.79. The van der Waals surface area contributed by atoms with Gasteiger partial charge in [0.15, 0.2) is 4.34 Å². The molecule has 0 aliphatic rings. The fourth-order valence-electron chi connectivity index (χ4n) is 1.40. The SMILES string of the molecule is Cc1nnc(S[C@H](C)C(=O)Nc2ccc(C#N)cc2)s1. The number of aryl methyl sites for hydroxylation is 1.